The van der Waals surface area contributed by atoms with Crippen LogP contribution in [0.25, 0.3) is 0 Å². The molecule has 0 aromatic heterocycles. The monoisotopic (exact) mass is 479 g/mol. The molecular formula is C24H37N3O5S. The Hall–Kier alpha value is -2.36. The number of rotatable bonds is 12. The molecule has 2 rings (SSSR count). The van der Waals surface area contributed by atoms with Crippen LogP contribution in [0.5, 0.6) is 5.75 Å². The number of carboxylic acids is 1. The Kier molecular flexibility index (Phi) is 9.51. The second kappa shape index (κ2) is 11.7. The third-order valence-corrected chi connectivity index (χ3v) is 6.75. The molecule has 0 bridgehead atoms. The van der Waals surface area contributed by atoms with Crippen LogP contribution in [0, 0.1) is 5.92 Å². The molecule has 0 fully saturated rings. The van der Waals surface area contributed by atoms with Crippen LogP contribution < -0.4 is 14.8 Å². The normalized spacial score (nSPS) is 18.3. The van der Waals surface area contributed by atoms with E-state index in [1.165, 1.54) is 6.07 Å². The number of primary sulfonamides is 1. The molecule has 8 nitrogen and oxygen atoms in total. The van der Waals surface area contributed by atoms with Crippen LogP contribution in [0.1, 0.15) is 56.8 Å². The van der Waals surface area contributed by atoms with Crippen molar-refractivity contribution in [3.8, 4) is 5.75 Å². The number of carbonyl (C=O) groups is 1. The molecule has 184 valence electrons. The van der Waals surface area contributed by atoms with Gasteiger partial charge in [0.1, 0.15) is 10.7 Å². The molecular weight excluding hydrogens is 442 g/mol. The quantitative estimate of drug-likeness (QED) is 0.468. The second-order valence-electron chi connectivity index (χ2n) is 8.67. The fourth-order valence-electron chi connectivity index (χ4n) is 3.93. The van der Waals surface area contributed by atoms with Crippen molar-refractivity contribution in [2.24, 2.45) is 11.1 Å². The minimum absolute atomic E-state index is 0.0509. The van der Waals surface area contributed by atoms with E-state index < -0.39 is 16.0 Å². The molecule has 2 atom stereocenters. The summed E-state index contributed by atoms with van der Waals surface area (Å²) in [5.41, 5.74) is 0.293. The largest absolute Gasteiger partial charge is 0.478 e. The number of unbranched alkanes of at least 4 members (excludes halogenated alkanes) is 2. The van der Waals surface area contributed by atoms with E-state index in [0.717, 1.165) is 31.7 Å². The number of ether oxygens (including phenoxy) is 1. The Bertz CT molecular complexity index is 994. The van der Waals surface area contributed by atoms with Gasteiger partial charge in [0.05, 0.1) is 11.3 Å². The zero-order valence-corrected chi connectivity index (χ0v) is 21.1. The van der Waals surface area contributed by atoms with E-state index in [4.69, 9.17) is 9.88 Å². The van der Waals surface area contributed by atoms with Gasteiger partial charge in [0.2, 0.25) is 10.0 Å². The first-order valence-corrected chi connectivity index (χ1v) is 13.0. The first-order chi connectivity index (χ1) is 15.5. The number of allylic oxidation sites excluding steroid dienone is 2. The first kappa shape index (κ1) is 26.9. The highest BCUT2D eigenvalue weighted by molar-refractivity contribution is 7.89. The van der Waals surface area contributed by atoms with Crippen LogP contribution in [-0.4, -0.2) is 57.6 Å². The van der Waals surface area contributed by atoms with Gasteiger partial charge in [0.15, 0.2) is 5.75 Å². The number of aromatic carboxylic acids is 1. The van der Waals surface area contributed by atoms with Gasteiger partial charge in [-0.2, -0.15) is 0 Å². The van der Waals surface area contributed by atoms with Crippen LogP contribution in [0.4, 0.5) is 5.69 Å². The maximum atomic E-state index is 12.6. The number of nitrogens with zero attached hydrogens (tertiary/aromatic N) is 2. The molecule has 3 N–H and O–H groups in total. The van der Waals surface area contributed by atoms with E-state index in [0.29, 0.717) is 24.5 Å². The van der Waals surface area contributed by atoms with Gasteiger partial charge < -0.3 is 19.6 Å². The summed E-state index contributed by atoms with van der Waals surface area (Å²) in [6.45, 7) is 7.44. The number of benzene rings is 1. The molecule has 2 unspecified atom stereocenters. The van der Waals surface area contributed by atoms with Gasteiger partial charge in [-0.25, -0.2) is 18.4 Å². The van der Waals surface area contributed by atoms with E-state index in [1.54, 1.807) is 0 Å². The Morgan fingerprint density at radius 2 is 1.76 bits per heavy atom. The maximum Gasteiger partial charge on any atom is 0.335 e. The highest BCUT2D eigenvalue weighted by Crippen LogP contribution is 2.40. The molecule has 0 spiro atoms. The number of nitrogens with two attached hydrogens (primary N) is 1. The molecule has 1 aliphatic rings. The molecule has 0 saturated carbocycles. The number of hydrogen-bond acceptors (Lipinski definition) is 6. The van der Waals surface area contributed by atoms with Crippen LogP contribution in [0.2, 0.25) is 0 Å². The molecule has 0 radical (unpaired) electrons. The van der Waals surface area contributed by atoms with E-state index >= 15 is 0 Å². The van der Waals surface area contributed by atoms with Crippen molar-refractivity contribution >= 4 is 21.7 Å². The zero-order chi connectivity index (χ0) is 24.8. The summed E-state index contributed by atoms with van der Waals surface area (Å²) in [5.74, 6) is -0.596. The van der Waals surface area contributed by atoms with Crippen molar-refractivity contribution in [1.29, 1.82) is 0 Å². The number of carboxylic acid groups (broad SMARTS) is 1. The van der Waals surface area contributed by atoms with Crippen molar-refractivity contribution in [3.63, 3.8) is 0 Å². The Balaban J connectivity index is 2.70. The number of hydrogen-bond donors (Lipinski definition) is 2. The molecule has 9 heteroatoms. The SMILES string of the molecule is CCCCN(CCCC)c1cc(C(=O)O)cc(S(N)(=O)=O)c1OC1=CC=CC(N(C)C)C1C. The fraction of sp³-hybridized carbons (Fsp3) is 0.542. The highest BCUT2D eigenvalue weighted by atomic mass is 32.2. The molecule has 1 aliphatic carbocycles. The Morgan fingerprint density at radius 1 is 1.15 bits per heavy atom. The minimum Gasteiger partial charge on any atom is -0.478 e. The van der Waals surface area contributed by atoms with Gasteiger partial charge >= 0.3 is 5.97 Å². The predicted molar refractivity (Wildman–Crippen MR) is 131 cm³/mol. The lowest BCUT2D eigenvalue weighted by Gasteiger charge is -2.33. The van der Waals surface area contributed by atoms with Gasteiger partial charge in [0, 0.05) is 25.0 Å². The summed E-state index contributed by atoms with van der Waals surface area (Å²) in [4.78, 5) is 15.6. The van der Waals surface area contributed by atoms with Crippen LogP contribution in [0.3, 0.4) is 0 Å². The maximum absolute atomic E-state index is 12.6. The summed E-state index contributed by atoms with van der Waals surface area (Å²) in [6, 6.07) is 2.65. The average Bonchev–Trinajstić information content (AvgIpc) is 2.74. The summed E-state index contributed by atoms with van der Waals surface area (Å²) < 4.78 is 31.4. The summed E-state index contributed by atoms with van der Waals surface area (Å²) in [7, 11) is -0.322. The van der Waals surface area contributed by atoms with Crippen molar-refractivity contribution in [3.05, 3.63) is 41.7 Å². The topological polar surface area (TPSA) is 113 Å². The van der Waals surface area contributed by atoms with E-state index in [9.17, 15) is 18.3 Å². The fourth-order valence-corrected chi connectivity index (χ4v) is 4.62. The third-order valence-electron chi connectivity index (χ3n) is 5.84. The number of sulfonamides is 1. The summed E-state index contributed by atoms with van der Waals surface area (Å²) in [5, 5.41) is 15.2. The van der Waals surface area contributed by atoms with E-state index in [2.05, 4.69) is 24.8 Å². The van der Waals surface area contributed by atoms with Gasteiger partial charge in [-0.3, -0.25) is 0 Å². The van der Waals surface area contributed by atoms with Crippen LogP contribution in [0.15, 0.2) is 41.0 Å². The van der Waals surface area contributed by atoms with E-state index in [-0.39, 0.29) is 28.2 Å². The third kappa shape index (κ3) is 6.82. The van der Waals surface area contributed by atoms with Crippen LogP contribution in [-0.2, 0) is 10.0 Å². The molecule has 0 aliphatic heterocycles. The molecule has 0 amide bonds. The second-order valence-corrected chi connectivity index (χ2v) is 10.2. The minimum atomic E-state index is -4.26. The lowest BCUT2D eigenvalue weighted by Crippen LogP contribution is -2.36. The molecule has 1 aromatic carbocycles. The molecule has 1 aromatic rings. The van der Waals surface area contributed by atoms with Crippen molar-refractivity contribution in [2.45, 2.75) is 57.4 Å². The van der Waals surface area contributed by atoms with Crippen LogP contribution >= 0.6 is 0 Å². The van der Waals surface area contributed by atoms with Gasteiger partial charge in [-0.1, -0.05) is 45.8 Å². The van der Waals surface area contributed by atoms with Crippen molar-refractivity contribution < 1.29 is 23.1 Å². The summed E-state index contributed by atoms with van der Waals surface area (Å²) in [6.07, 6.45) is 9.38. The highest BCUT2D eigenvalue weighted by Gasteiger charge is 2.30. The van der Waals surface area contributed by atoms with Crippen molar-refractivity contribution in [1.82, 2.24) is 4.90 Å². The van der Waals surface area contributed by atoms with Gasteiger partial charge in [-0.15, -0.1) is 0 Å². The zero-order valence-electron chi connectivity index (χ0n) is 20.2. The lowest BCUT2D eigenvalue weighted by atomic mass is 9.94. The first-order valence-electron chi connectivity index (χ1n) is 11.4. The predicted octanol–water partition coefficient (Wildman–Crippen LogP) is 3.84. The standard InChI is InChI=1S/C24H37N3O5S/c1-6-8-13-27(14-9-7-2)20-15-18(24(28)29)16-22(33(25,30)31)23(20)32-21-12-10-11-19(17(21)3)26(4)5/h10-12,15-17,19H,6-9,13-14H2,1-5H3,(H,28,29)(H2,25,30,31). The van der Waals surface area contributed by atoms with E-state index in [1.807, 2.05) is 38.1 Å². The van der Waals surface area contributed by atoms with Crippen molar-refractivity contribution in [2.75, 3.05) is 32.1 Å². The smallest absolute Gasteiger partial charge is 0.335 e. The Morgan fingerprint density at radius 3 is 2.24 bits per heavy atom. The molecule has 33 heavy (non-hydrogen) atoms. The van der Waals surface area contributed by atoms with Gasteiger partial charge in [0.25, 0.3) is 0 Å². The Labute approximate surface area is 197 Å². The lowest BCUT2D eigenvalue weighted by molar-refractivity contribution is 0.0696. The summed E-state index contributed by atoms with van der Waals surface area (Å²) >= 11 is 0. The number of likely N-dealkylation sites (N-methyl/N-ethyl adjacent to an activating group) is 1. The van der Waals surface area contributed by atoms with Gasteiger partial charge in [-0.05, 0) is 45.1 Å². The molecule has 0 heterocycles. The molecule has 0 saturated heterocycles. The average molecular weight is 480 g/mol. The number of anilines is 1.